The van der Waals surface area contributed by atoms with E-state index in [1.807, 2.05) is 54.6 Å². The van der Waals surface area contributed by atoms with E-state index < -0.39 is 0 Å². The first-order valence-electron chi connectivity index (χ1n) is 8.15. The molecule has 0 saturated heterocycles. The molecule has 0 bridgehead atoms. The Kier molecular flexibility index (Phi) is 6.68. The molecule has 3 aromatic rings. The number of rotatable bonds is 6. The second-order valence-corrected chi connectivity index (χ2v) is 7.85. The number of carbonyl (C=O) groups is 1. The molecule has 1 amide bonds. The predicted molar refractivity (Wildman–Crippen MR) is 117 cm³/mol. The summed E-state index contributed by atoms with van der Waals surface area (Å²) in [6.45, 7) is 0.509. The minimum absolute atomic E-state index is 0.192. The van der Waals surface area contributed by atoms with Crippen LogP contribution >= 0.6 is 38.5 Å². The van der Waals surface area contributed by atoms with Crippen LogP contribution in [0.25, 0.3) is 0 Å². The number of amides is 1. The van der Waals surface area contributed by atoms with Crippen molar-refractivity contribution < 1.29 is 9.53 Å². The Morgan fingerprint density at radius 1 is 1.00 bits per heavy atom. The Bertz CT molecular complexity index is 882. The van der Waals surface area contributed by atoms with Crippen LogP contribution in [0.1, 0.15) is 15.9 Å². The van der Waals surface area contributed by atoms with Crippen LogP contribution in [0.3, 0.4) is 0 Å². The van der Waals surface area contributed by atoms with Gasteiger partial charge in [-0.15, -0.1) is 0 Å². The monoisotopic (exact) mass is 521 g/mol. The molecule has 26 heavy (non-hydrogen) atoms. The molecule has 0 saturated carbocycles. The summed E-state index contributed by atoms with van der Waals surface area (Å²) in [6, 6.07) is 23.3. The van der Waals surface area contributed by atoms with E-state index in [9.17, 15) is 4.79 Å². The summed E-state index contributed by atoms with van der Waals surface area (Å²) in [5.41, 5.74) is 2.46. The molecule has 1 N–H and O–H groups in total. The maximum absolute atomic E-state index is 12.7. The molecule has 3 aromatic carbocycles. The second kappa shape index (κ2) is 9.19. The minimum Gasteiger partial charge on any atom is -0.492 e. The number of ether oxygens (including phenoxy) is 1. The molecule has 0 atom stereocenters. The standard InChI is InChI=1S/C21H17BrINO2/c22-16-6-11-20(26-13-12-15-4-2-1-3-5-15)19(14-16)21(25)24-18-9-7-17(23)8-10-18/h1-11,14H,12-13H2,(H,24,25). The highest BCUT2D eigenvalue weighted by atomic mass is 127. The summed E-state index contributed by atoms with van der Waals surface area (Å²) in [4.78, 5) is 12.7. The van der Waals surface area contributed by atoms with Crippen molar-refractivity contribution >= 4 is 50.1 Å². The zero-order valence-electron chi connectivity index (χ0n) is 13.9. The van der Waals surface area contributed by atoms with Gasteiger partial charge in [-0.05, 0) is 70.6 Å². The van der Waals surface area contributed by atoms with Crippen LogP contribution in [0.4, 0.5) is 5.69 Å². The van der Waals surface area contributed by atoms with E-state index in [0.29, 0.717) is 17.9 Å². The van der Waals surface area contributed by atoms with Gasteiger partial charge in [-0.25, -0.2) is 0 Å². The zero-order valence-corrected chi connectivity index (χ0v) is 17.7. The molecule has 0 aromatic heterocycles. The van der Waals surface area contributed by atoms with E-state index >= 15 is 0 Å². The Balaban J connectivity index is 1.70. The van der Waals surface area contributed by atoms with Crippen molar-refractivity contribution in [2.24, 2.45) is 0 Å². The van der Waals surface area contributed by atoms with Gasteiger partial charge in [-0.1, -0.05) is 46.3 Å². The normalized spacial score (nSPS) is 10.4. The molecule has 0 heterocycles. The number of carbonyl (C=O) groups excluding carboxylic acids is 1. The highest BCUT2D eigenvalue weighted by molar-refractivity contribution is 14.1. The smallest absolute Gasteiger partial charge is 0.259 e. The molecule has 0 aliphatic rings. The third kappa shape index (κ3) is 5.32. The Labute approximate surface area is 175 Å². The molecular weight excluding hydrogens is 505 g/mol. The van der Waals surface area contributed by atoms with Crippen molar-refractivity contribution in [2.75, 3.05) is 11.9 Å². The Morgan fingerprint density at radius 3 is 2.46 bits per heavy atom. The maximum Gasteiger partial charge on any atom is 0.259 e. The fourth-order valence-electron chi connectivity index (χ4n) is 2.46. The summed E-state index contributed by atoms with van der Waals surface area (Å²) in [7, 11) is 0. The highest BCUT2D eigenvalue weighted by Gasteiger charge is 2.14. The van der Waals surface area contributed by atoms with Gasteiger partial charge in [0.05, 0.1) is 12.2 Å². The third-order valence-electron chi connectivity index (χ3n) is 3.78. The summed E-state index contributed by atoms with van der Waals surface area (Å²) in [6.07, 6.45) is 0.787. The number of hydrogen-bond acceptors (Lipinski definition) is 2. The van der Waals surface area contributed by atoms with Crippen molar-refractivity contribution in [3.05, 3.63) is 92.0 Å². The Hall–Kier alpha value is -1.86. The number of nitrogens with one attached hydrogen (secondary N) is 1. The lowest BCUT2D eigenvalue weighted by molar-refractivity contribution is 0.102. The lowest BCUT2D eigenvalue weighted by Crippen LogP contribution is -2.14. The third-order valence-corrected chi connectivity index (χ3v) is 4.99. The molecule has 5 heteroatoms. The number of hydrogen-bond donors (Lipinski definition) is 1. The molecule has 0 aliphatic carbocycles. The number of halogens is 2. The highest BCUT2D eigenvalue weighted by Crippen LogP contribution is 2.25. The summed E-state index contributed by atoms with van der Waals surface area (Å²) in [5, 5.41) is 2.92. The van der Waals surface area contributed by atoms with Gasteiger partial charge in [0, 0.05) is 20.2 Å². The van der Waals surface area contributed by atoms with Crippen LogP contribution in [-0.4, -0.2) is 12.5 Å². The average molecular weight is 522 g/mol. The van der Waals surface area contributed by atoms with Gasteiger partial charge >= 0.3 is 0 Å². The molecule has 0 radical (unpaired) electrons. The van der Waals surface area contributed by atoms with Gasteiger partial charge in [0.2, 0.25) is 0 Å². The molecule has 3 nitrogen and oxygen atoms in total. The van der Waals surface area contributed by atoms with E-state index in [1.54, 1.807) is 6.07 Å². The Morgan fingerprint density at radius 2 is 1.73 bits per heavy atom. The first-order valence-corrected chi connectivity index (χ1v) is 10.0. The lowest BCUT2D eigenvalue weighted by Gasteiger charge is -2.12. The molecular formula is C21H17BrINO2. The van der Waals surface area contributed by atoms with Crippen molar-refractivity contribution in [1.82, 2.24) is 0 Å². The van der Waals surface area contributed by atoms with Gasteiger partial charge in [0.1, 0.15) is 5.75 Å². The summed E-state index contributed by atoms with van der Waals surface area (Å²) in [5.74, 6) is 0.384. The molecule has 0 fully saturated rings. The summed E-state index contributed by atoms with van der Waals surface area (Å²) >= 11 is 5.66. The van der Waals surface area contributed by atoms with E-state index in [1.165, 1.54) is 5.56 Å². The van der Waals surface area contributed by atoms with E-state index in [4.69, 9.17) is 4.74 Å². The average Bonchev–Trinajstić information content (AvgIpc) is 2.65. The number of benzene rings is 3. The van der Waals surface area contributed by atoms with Gasteiger partial charge in [0.25, 0.3) is 5.91 Å². The number of anilines is 1. The largest absolute Gasteiger partial charge is 0.492 e. The van der Waals surface area contributed by atoms with Gasteiger partial charge in [-0.2, -0.15) is 0 Å². The first kappa shape index (κ1) is 18.9. The van der Waals surface area contributed by atoms with Crippen LogP contribution in [-0.2, 0) is 6.42 Å². The van der Waals surface area contributed by atoms with Crippen LogP contribution in [0, 0.1) is 3.57 Å². The van der Waals surface area contributed by atoms with E-state index in [2.05, 4.69) is 56.0 Å². The first-order chi connectivity index (χ1) is 12.6. The van der Waals surface area contributed by atoms with Crippen molar-refractivity contribution in [1.29, 1.82) is 0 Å². The molecule has 0 unspecified atom stereocenters. The summed E-state index contributed by atoms with van der Waals surface area (Å²) < 4.78 is 7.84. The van der Waals surface area contributed by atoms with Crippen molar-refractivity contribution in [3.8, 4) is 5.75 Å². The fourth-order valence-corrected chi connectivity index (χ4v) is 3.18. The minimum atomic E-state index is -0.192. The molecule has 3 rings (SSSR count). The molecule has 0 spiro atoms. The van der Waals surface area contributed by atoms with Gasteiger partial charge < -0.3 is 10.1 Å². The fraction of sp³-hybridized carbons (Fsp3) is 0.0952. The SMILES string of the molecule is O=C(Nc1ccc(I)cc1)c1cc(Br)ccc1OCCc1ccccc1. The van der Waals surface area contributed by atoms with Crippen molar-refractivity contribution in [3.63, 3.8) is 0 Å². The van der Waals surface area contributed by atoms with Gasteiger partial charge in [0.15, 0.2) is 0 Å². The van der Waals surface area contributed by atoms with E-state index in [0.717, 1.165) is 20.2 Å². The van der Waals surface area contributed by atoms with Crippen LogP contribution in [0.5, 0.6) is 5.75 Å². The predicted octanol–water partition coefficient (Wildman–Crippen LogP) is 5.93. The van der Waals surface area contributed by atoms with Gasteiger partial charge in [-0.3, -0.25) is 4.79 Å². The topological polar surface area (TPSA) is 38.3 Å². The maximum atomic E-state index is 12.7. The van der Waals surface area contributed by atoms with Crippen LogP contribution in [0.15, 0.2) is 77.3 Å². The van der Waals surface area contributed by atoms with Crippen molar-refractivity contribution in [2.45, 2.75) is 6.42 Å². The zero-order chi connectivity index (χ0) is 18.4. The molecule has 132 valence electrons. The second-order valence-electron chi connectivity index (χ2n) is 5.69. The van der Waals surface area contributed by atoms with Crippen LogP contribution in [0.2, 0.25) is 0 Å². The molecule has 0 aliphatic heterocycles. The lowest BCUT2D eigenvalue weighted by atomic mass is 10.1. The van der Waals surface area contributed by atoms with E-state index in [-0.39, 0.29) is 5.91 Å². The van der Waals surface area contributed by atoms with Crippen LogP contribution < -0.4 is 10.1 Å². The quantitative estimate of drug-likeness (QED) is 0.408.